The predicted molar refractivity (Wildman–Crippen MR) is 48.2 cm³/mol. The number of hydrogen-bond donors (Lipinski definition) is 1. The van der Waals surface area contributed by atoms with E-state index in [-0.39, 0.29) is 0 Å². The summed E-state index contributed by atoms with van der Waals surface area (Å²) in [6, 6.07) is 0. The van der Waals surface area contributed by atoms with Crippen LogP contribution in [0.1, 0.15) is 6.42 Å². The Morgan fingerprint density at radius 1 is 1.67 bits per heavy atom. The molecule has 3 nitrogen and oxygen atoms in total. The lowest BCUT2D eigenvalue weighted by atomic mass is 10.3. The summed E-state index contributed by atoms with van der Waals surface area (Å²) in [5.41, 5.74) is 0. The molecule has 12 heavy (non-hydrogen) atoms. The Bertz CT molecular complexity index is 122. The Labute approximate surface area is 73.7 Å². The van der Waals surface area contributed by atoms with Gasteiger partial charge in [0, 0.05) is 19.7 Å². The molecule has 0 bridgehead atoms. The Kier molecular flexibility index (Phi) is 4.99. The van der Waals surface area contributed by atoms with Crippen LogP contribution in [-0.4, -0.2) is 39.0 Å². The lowest BCUT2D eigenvalue weighted by molar-refractivity contribution is 0.0448. The van der Waals surface area contributed by atoms with Gasteiger partial charge in [-0.2, -0.15) is 0 Å². The van der Waals surface area contributed by atoms with Crippen LogP contribution in [0.2, 0.25) is 0 Å². The normalized spacial score (nSPS) is 22.8. The van der Waals surface area contributed by atoms with Crippen molar-refractivity contribution in [1.82, 2.24) is 5.32 Å². The molecule has 1 fully saturated rings. The average molecular weight is 171 g/mol. The molecule has 1 aliphatic rings. The molecule has 0 spiro atoms. The number of rotatable bonds is 6. The molecular formula is C9H17NO2. The summed E-state index contributed by atoms with van der Waals surface area (Å²) in [5.74, 6) is 0. The third-order valence-electron chi connectivity index (χ3n) is 1.81. The van der Waals surface area contributed by atoms with Gasteiger partial charge in [-0.1, -0.05) is 6.08 Å². The average Bonchev–Trinajstić information content (AvgIpc) is 2.57. The van der Waals surface area contributed by atoms with Crippen LogP contribution in [0.4, 0.5) is 0 Å². The lowest BCUT2D eigenvalue weighted by Crippen LogP contribution is -2.23. The van der Waals surface area contributed by atoms with Gasteiger partial charge in [0.05, 0.1) is 19.3 Å². The molecule has 1 rings (SSSR count). The molecule has 1 saturated heterocycles. The van der Waals surface area contributed by atoms with Gasteiger partial charge < -0.3 is 14.8 Å². The summed E-state index contributed by atoms with van der Waals surface area (Å²) in [5, 5.41) is 3.18. The van der Waals surface area contributed by atoms with E-state index >= 15 is 0 Å². The highest BCUT2D eigenvalue weighted by Gasteiger charge is 2.14. The Hall–Kier alpha value is -0.380. The van der Waals surface area contributed by atoms with Gasteiger partial charge in [0.25, 0.3) is 0 Å². The van der Waals surface area contributed by atoms with Crippen LogP contribution >= 0.6 is 0 Å². The Morgan fingerprint density at radius 2 is 2.58 bits per heavy atom. The van der Waals surface area contributed by atoms with Gasteiger partial charge in [0.15, 0.2) is 0 Å². The topological polar surface area (TPSA) is 30.5 Å². The minimum Gasteiger partial charge on any atom is -0.379 e. The zero-order valence-corrected chi connectivity index (χ0v) is 7.42. The monoisotopic (exact) mass is 171 g/mol. The minimum atomic E-state index is 0.329. The summed E-state index contributed by atoms with van der Waals surface area (Å²) in [7, 11) is 0. The molecule has 0 aliphatic carbocycles. The van der Waals surface area contributed by atoms with Crippen LogP contribution in [0.5, 0.6) is 0 Å². The van der Waals surface area contributed by atoms with E-state index in [2.05, 4.69) is 11.9 Å². The SMILES string of the molecule is C=CCNCCOC1CCOC1. The first-order valence-electron chi connectivity index (χ1n) is 4.44. The van der Waals surface area contributed by atoms with Crippen molar-refractivity contribution in [2.45, 2.75) is 12.5 Å². The van der Waals surface area contributed by atoms with Crippen LogP contribution in [0, 0.1) is 0 Å². The van der Waals surface area contributed by atoms with Gasteiger partial charge >= 0.3 is 0 Å². The Balaban J connectivity index is 1.84. The molecule has 0 aromatic carbocycles. The zero-order chi connectivity index (χ0) is 8.65. The third-order valence-corrected chi connectivity index (χ3v) is 1.81. The minimum absolute atomic E-state index is 0.329. The van der Waals surface area contributed by atoms with Crippen LogP contribution < -0.4 is 5.32 Å². The third kappa shape index (κ3) is 3.85. The fourth-order valence-corrected chi connectivity index (χ4v) is 1.15. The van der Waals surface area contributed by atoms with E-state index in [4.69, 9.17) is 9.47 Å². The molecule has 0 radical (unpaired) electrons. The smallest absolute Gasteiger partial charge is 0.0831 e. The lowest BCUT2D eigenvalue weighted by Gasteiger charge is -2.09. The highest BCUT2D eigenvalue weighted by atomic mass is 16.5. The molecule has 1 unspecified atom stereocenters. The van der Waals surface area contributed by atoms with Crippen molar-refractivity contribution >= 4 is 0 Å². The maximum Gasteiger partial charge on any atom is 0.0831 e. The molecule has 70 valence electrons. The maximum absolute atomic E-state index is 5.53. The van der Waals surface area contributed by atoms with E-state index in [1.807, 2.05) is 6.08 Å². The van der Waals surface area contributed by atoms with Crippen molar-refractivity contribution in [1.29, 1.82) is 0 Å². The van der Waals surface area contributed by atoms with Gasteiger partial charge in [-0.25, -0.2) is 0 Å². The molecule has 1 heterocycles. The van der Waals surface area contributed by atoms with Crippen molar-refractivity contribution < 1.29 is 9.47 Å². The summed E-state index contributed by atoms with van der Waals surface area (Å²) in [6.07, 6.45) is 3.22. The quantitative estimate of drug-likeness (QED) is 0.468. The van der Waals surface area contributed by atoms with E-state index in [1.165, 1.54) is 0 Å². The second-order valence-corrected chi connectivity index (χ2v) is 2.85. The van der Waals surface area contributed by atoms with Crippen LogP contribution in [0.15, 0.2) is 12.7 Å². The van der Waals surface area contributed by atoms with Crippen molar-refractivity contribution in [3.8, 4) is 0 Å². The fourth-order valence-electron chi connectivity index (χ4n) is 1.15. The van der Waals surface area contributed by atoms with Crippen molar-refractivity contribution in [3.05, 3.63) is 12.7 Å². The number of hydrogen-bond acceptors (Lipinski definition) is 3. The molecule has 1 atom stereocenters. The predicted octanol–water partition coefficient (Wildman–Crippen LogP) is 0.567. The zero-order valence-electron chi connectivity index (χ0n) is 7.42. The fraction of sp³-hybridized carbons (Fsp3) is 0.778. The molecule has 3 heteroatoms. The molecule has 0 aromatic rings. The summed E-state index contributed by atoms with van der Waals surface area (Å²) in [4.78, 5) is 0. The Morgan fingerprint density at radius 3 is 3.25 bits per heavy atom. The second-order valence-electron chi connectivity index (χ2n) is 2.85. The van der Waals surface area contributed by atoms with E-state index in [0.717, 1.165) is 39.3 Å². The highest BCUT2D eigenvalue weighted by molar-refractivity contribution is 4.69. The van der Waals surface area contributed by atoms with Gasteiger partial charge in [-0.3, -0.25) is 0 Å². The first-order valence-corrected chi connectivity index (χ1v) is 4.44. The molecule has 0 amide bonds. The second kappa shape index (κ2) is 6.17. The molecule has 0 aromatic heterocycles. The van der Waals surface area contributed by atoms with Gasteiger partial charge in [0.1, 0.15) is 0 Å². The largest absolute Gasteiger partial charge is 0.379 e. The summed E-state index contributed by atoms with van der Waals surface area (Å²) in [6.45, 7) is 7.74. The first-order chi connectivity index (χ1) is 5.93. The van der Waals surface area contributed by atoms with Crippen LogP contribution in [-0.2, 0) is 9.47 Å². The number of ether oxygens (including phenoxy) is 2. The van der Waals surface area contributed by atoms with Crippen molar-refractivity contribution in [2.75, 3.05) is 32.9 Å². The summed E-state index contributed by atoms with van der Waals surface area (Å²) >= 11 is 0. The highest BCUT2D eigenvalue weighted by Crippen LogP contribution is 2.06. The van der Waals surface area contributed by atoms with E-state index in [1.54, 1.807) is 0 Å². The van der Waals surface area contributed by atoms with E-state index < -0.39 is 0 Å². The van der Waals surface area contributed by atoms with Crippen molar-refractivity contribution in [2.24, 2.45) is 0 Å². The van der Waals surface area contributed by atoms with Gasteiger partial charge in [-0.15, -0.1) is 6.58 Å². The van der Waals surface area contributed by atoms with Crippen molar-refractivity contribution in [3.63, 3.8) is 0 Å². The molecular weight excluding hydrogens is 154 g/mol. The summed E-state index contributed by atoms with van der Waals surface area (Å²) < 4.78 is 10.7. The maximum atomic E-state index is 5.53. The van der Waals surface area contributed by atoms with Crippen LogP contribution in [0.25, 0.3) is 0 Å². The van der Waals surface area contributed by atoms with Gasteiger partial charge in [0.2, 0.25) is 0 Å². The first kappa shape index (κ1) is 9.71. The van der Waals surface area contributed by atoms with E-state index in [0.29, 0.717) is 6.10 Å². The van der Waals surface area contributed by atoms with Crippen LogP contribution in [0.3, 0.4) is 0 Å². The number of nitrogens with one attached hydrogen (secondary N) is 1. The molecule has 1 N–H and O–H groups in total. The van der Waals surface area contributed by atoms with E-state index in [9.17, 15) is 0 Å². The van der Waals surface area contributed by atoms with Gasteiger partial charge in [-0.05, 0) is 6.42 Å². The standard InChI is InChI=1S/C9H17NO2/c1-2-4-10-5-7-12-9-3-6-11-8-9/h2,9-10H,1,3-8H2. The molecule has 0 saturated carbocycles. The molecule has 1 aliphatic heterocycles.